The second-order valence-electron chi connectivity index (χ2n) is 6.32. The normalized spacial score (nSPS) is 12.5. The molecule has 1 aliphatic rings. The van der Waals surface area contributed by atoms with Gasteiger partial charge < -0.3 is 20.5 Å². The molecule has 0 unspecified atom stereocenters. The van der Waals surface area contributed by atoms with E-state index in [1.807, 2.05) is 30.3 Å². The van der Waals surface area contributed by atoms with Crippen molar-refractivity contribution in [2.75, 3.05) is 28.7 Å². The molecule has 146 valence electrons. The molecule has 0 spiro atoms. The molecule has 2 aromatic carbocycles. The van der Waals surface area contributed by atoms with Gasteiger partial charge in [0.2, 0.25) is 0 Å². The van der Waals surface area contributed by atoms with Gasteiger partial charge in [0.25, 0.3) is 0 Å². The number of para-hydroxylation sites is 1. The van der Waals surface area contributed by atoms with Crippen LogP contribution in [0, 0.1) is 0 Å². The van der Waals surface area contributed by atoms with E-state index in [9.17, 15) is 9.59 Å². The molecule has 2 amide bonds. The van der Waals surface area contributed by atoms with Crippen LogP contribution >= 0.6 is 0 Å². The minimum atomic E-state index is -0.985. The predicted molar refractivity (Wildman–Crippen MR) is 109 cm³/mol. The molecule has 0 saturated carbocycles. The van der Waals surface area contributed by atoms with Crippen LogP contribution in [-0.2, 0) is 0 Å². The Kier molecular flexibility index (Phi) is 4.98. The summed E-state index contributed by atoms with van der Waals surface area (Å²) in [7, 11) is 0. The zero-order valence-electron chi connectivity index (χ0n) is 15.3. The van der Waals surface area contributed by atoms with Gasteiger partial charge in [-0.25, -0.2) is 14.6 Å². The molecule has 29 heavy (non-hydrogen) atoms. The lowest BCUT2D eigenvalue weighted by atomic mass is 10.2. The number of hydrogen-bond donors (Lipinski definition) is 3. The van der Waals surface area contributed by atoms with Crippen molar-refractivity contribution in [3.63, 3.8) is 0 Å². The van der Waals surface area contributed by atoms with E-state index in [4.69, 9.17) is 9.84 Å². The van der Waals surface area contributed by atoms with Gasteiger partial charge in [-0.2, -0.15) is 0 Å². The second-order valence-corrected chi connectivity index (χ2v) is 6.32. The van der Waals surface area contributed by atoms with Crippen molar-refractivity contribution < 1.29 is 19.4 Å². The monoisotopic (exact) mass is 390 g/mol. The Morgan fingerprint density at radius 1 is 0.966 bits per heavy atom. The number of anilines is 4. The number of pyridine rings is 1. The van der Waals surface area contributed by atoms with E-state index in [1.54, 1.807) is 24.3 Å². The van der Waals surface area contributed by atoms with E-state index in [-0.39, 0.29) is 11.6 Å². The number of fused-ring (bicyclic) bond motifs is 1. The van der Waals surface area contributed by atoms with Crippen LogP contribution in [0.3, 0.4) is 0 Å². The van der Waals surface area contributed by atoms with Gasteiger partial charge in [-0.3, -0.25) is 4.90 Å². The molecule has 0 bridgehead atoms. The maximum absolute atomic E-state index is 12.7. The highest BCUT2D eigenvalue weighted by molar-refractivity contribution is 6.02. The first-order valence-corrected chi connectivity index (χ1v) is 8.98. The summed E-state index contributed by atoms with van der Waals surface area (Å²) in [5.74, 6) is 0.457. The summed E-state index contributed by atoms with van der Waals surface area (Å²) in [4.78, 5) is 29.8. The average molecular weight is 390 g/mol. The van der Waals surface area contributed by atoms with E-state index in [1.165, 1.54) is 17.0 Å². The number of urea groups is 1. The Labute approximate surface area is 166 Å². The first kappa shape index (κ1) is 18.3. The number of carbonyl (C=O) groups excluding carboxylic acids is 1. The predicted octanol–water partition coefficient (Wildman–Crippen LogP) is 3.95. The third-order valence-electron chi connectivity index (χ3n) is 4.34. The summed E-state index contributed by atoms with van der Waals surface area (Å²) in [6, 6.07) is 18.7. The number of carbonyl (C=O) groups is 2. The number of amides is 2. The average Bonchev–Trinajstić information content (AvgIpc) is 2.74. The minimum absolute atomic E-state index is 0.200. The van der Waals surface area contributed by atoms with Crippen LogP contribution < -0.4 is 20.3 Å². The van der Waals surface area contributed by atoms with E-state index in [0.717, 1.165) is 0 Å². The molecule has 2 heterocycles. The van der Waals surface area contributed by atoms with Crippen molar-refractivity contribution >= 4 is 35.0 Å². The van der Waals surface area contributed by atoms with Crippen molar-refractivity contribution in [3.05, 3.63) is 72.3 Å². The zero-order chi connectivity index (χ0) is 20.2. The maximum atomic E-state index is 12.7. The van der Waals surface area contributed by atoms with Crippen LogP contribution in [0.1, 0.15) is 10.4 Å². The van der Waals surface area contributed by atoms with Gasteiger partial charge in [-0.1, -0.05) is 18.2 Å². The lowest BCUT2D eigenvalue weighted by Gasteiger charge is -2.28. The number of aromatic carboxylic acids is 1. The van der Waals surface area contributed by atoms with Crippen LogP contribution in [0.4, 0.5) is 27.8 Å². The highest BCUT2D eigenvalue weighted by Gasteiger charge is 2.25. The zero-order valence-corrected chi connectivity index (χ0v) is 15.3. The van der Waals surface area contributed by atoms with E-state index < -0.39 is 5.97 Å². The highest BCUT2D eigenvalue weighted by atomic mass is 16.5. The molecule has 4 rings (SSSR count). The molecule has 0 aliphatic carbocycles. The third kappa shape index (κ3) is 4.11. The van der Waals surface area contributed by atoms with Crippen LogP contribution in [0.25, 0.3) is 0 Å². The molecule has 0 radical (unpaired) electrons. The lowest BCUT2D eigenvalue weighted by Crippen LogP contribution is -2.41. The summed E-state index contributed by atoms with van der Waals surface area (Å²) >= 11 is 0. The molecule has 3 N–H and O–H groups in total. The summed E-state index contributed by atoms with van der Waals surface area (Å²) < 4.78 is 5.62. The van der Waals surface area contributed by atoms with Crippen LogP contribution in [-0.4, -0.2) is 35.2 Å². The fourth-order valence-corrected chi connectivity index (χ4v) is 2.92. The number of carboxylic acid groups (broad SMARTS) is 1. The van der Waals surface area contributed by atoms with Crippen molar-refractivity contribution in [2.24, 2.45) is 0 Å². The smallest absolute Gasteiger partial charge is 0.335 e. The second kappa shape index (κ2) is 7.89. The molecule has 0 fully saturated rings. The molecular formula is C21H18N4O4. The first-order valence-electron chi connectivity index (χ1n) is 8.98. The number of aromatic nitrogens is 1. The quantitative estimate of drug-likeness (QED) is 0.623. The number of hydrogen-bond acceptors (Lipinski definition) is 5. The molecule has 3 aromatic rings. The Bertz CT molecular complexity index is 1040. The van der Waals surface area contributed by atoms with Crippen LogP contribution in [0.15, 0.2) is 66.7 Å². The number of carboxylic acids is 1. The fraction of sp³-hybridized carbons (Fsp3) is 0.0952. The van der Waals surface area contributed by atoms with Gasteiger partial charge in [-0.05, 0) is 48.5 Å². The lowest BCUT2D eigenvalue weighted by molar-refractivity contribution is 0.0697. The van der Waals surface area contributed by atoms with Gasteiger partial charge in [0.05, 0.1) is 12.1 Å². The Hall–Kier alpha value is -4.07. The largest absolute Gasteiger partial charge is 0.488 e. The van der Waals surface area contributed by atoms with E-state index in [0.29, 0.717) is 41.9 Å². The SMILES string of the molecule is O=C(O)c1ccc(Nc2ccc3c(n2)N(C(=O)Nc2ccccc2)CCO3)cc1. The molecule has 8 nitrogen and oxygen atoms in total. The van der Waals surface area contributed by atoms with E-state index in [2.05, 4.69) is 15.6 Å². The number of ether oxygens (including phenoxy) is 1. The van der Waals surface area contributed by atoms with Crippen molar-refractivity contribution in [2.45, 2.75) is 0 Å². The van der Waals surface area contributed by atoms with Crippen molar-refractivity contribution in [1.29, 1.82) is 0 Å². The van der Waals surface area contributed by atoms with Gasteiger partial charge in [0.1, 0.15) is 12.4 Å². The van der Waals surface area contributed by atoms with Crippen LogP contribution in [0.5, 0.6) is 5.75 Å². The number of benzene rings is 2. The number of nitrogens with one attached hydrogen (secondary N) is 2. The summed E-state index contributed by atoms with van der Waals surface area (Å²) in [6.45, 7) is 0.746. The molecule has 1 aromatic heterocycles. The number of rotatable bonds is 4. The highest BCUT2D eigenvalue weighted by Crippen LogP contribution is 2.32. The first-order chi connectivity index (χ1) is 14.1. The maximum Gasteiger partial charge on any atom is 0.335 e. The van der Waals surface area contributed by atoms with Gasteiger partial charge in [0.15, 0.2) is 11.6 Å². The van der Waals surface area contributed by atoms with Gasteiger partial charge in [0, 0.05) is 11.4 Å². The van der Waals surface area contributed by atoms with Crippen LogP contribution in [0.2, 0.25) is 0 Å². The summed E-state index contributed by atoms with van der Waals surface area (Å²) in [5, 5.41) is 15.0. The molecule has 0 atom stereocenters. The Morgan fingerprint density at radius 3 is 2.45 bits per heavy atom. The fourth-order valence-electron chi connectivity index (χ4n) is 2.92. The van der Waals surface area contributed by atoms with E-state index >= 15 is 0 Å². The Morgan fingerprint density at radius 2 is 1.72 bits per heavy atom. The third-order valence-corrected chi connectivity index (χ3v) is 4.34. The van der Waals surface area contributed by atoms with Crippen molar-refractivity contribution in [1.82, 2.24) is 4.98 Å². The molecular weight excluding hydrogens is 372 g/mol. The molecule has 1 aliphatic heterocycles. The number of nitrogens with zero attached hydrogens (tertiary/aromatic N) is 2. The topological polar surface area (TPSA) is 104 Å². The minimum Gasteiger partial charge on any atom is -0.488 e. The standard InChI is InChI=1S/C21H18N4O4/c26-20(27)14-6-8-16(9-7-14)22-18-11-10-17-19(24-18)25(12-13-29-17)21(28)23-15-4-2-1-3-5-15/h1-11H,12-13H2,(H,22,24)(H,23,28)(H,26,27). The summed E-state index contributed by atoms with van der Waals surface area (Å²) in [6.07, 6.45) is 0. The Balaban J connectivity index is 1.55. The van der Waals surface area contributed by atoms with Gasteiger partial charge in [-0.15, -0.1) is 0 Å². The summed E-state index contributed by atoms with van der Waals surface area (Å²) in [5.41, 5.74) is 1.57. The van der Waals surface area contributed by atoms with Gasteiger partial charge >= 0.3 is 12.0 Å². The molecule has 0 saturated heterocycles. The molecule has 8 heteroatoms. The van der Waals surface area contributed by atoms with Crippen molar-refractivity contribution in [3.8, 4) is 5.75 Å².